The summed E-state index contributed by atoms with van der Waals surface area (Å²) in [6.07, 6.45) is 1.72. The van der Waals surface area contributed by atoms with Crippen LogP contribution in [0.25, 0.3) is 0 Å². The molecular weight excluding hydrogens is 396 g/mol. The third-order valence-corrected chi connectivity index (χ3v) is 6.74. The average molecular weight is 422 g/mol. The molecule has 4 nitrogen and oxygen atoms in total. The van der Waals surface area contributed by atoms with Crippen LogP contribution in [0.2, 0.25) is 0 Å². The van der Waals surface area contributed by atoms with Crippen LogP contribution in [0.5, 0.6) is 0 Å². The van der Waals surface area contributed by atoms with Gasteiger partial charge in [-0.3, -0.25) is 4.79 Å². The number of likely N-dealkylation sites (tertiary alicyclic amines) is 1. The summed E-state index contributed by atoms with van der Waals surface area (Å²) in [7, 11) is -4.67. The van der Waals surface area contributed by atoms with Crippen molar-refractivity contribution in [2.75, 3.05) is 6.54 Å². The van der Waals surface area contributed by atoms with Crippen LogP contribution in [0.15, 0.2) is 53.4 Å². The van der Waals surface area contributed by atoms with Crippen LogP contribution in [0, 0.1) is 0 Å². The van der Waals surface area contributed by atoms with Gasteiger partial charge in [0.15, 0.2) is 0 Å². The highest BCUT2D eigenvalue weighted by molar-refractivity contribution is 7.91. The van der Waals surface area contributed by atoms with Gasteiger partial charge in [0.1, 0.15) is 0 Å². The van der Waals surface area contributed by atoms with E-state index < -0.39 is 20.5 Å². The molecule has 1 aliphatic heterocycles. The number of nitrogens with zero attached hydrogens (tertiary/aromatic N) is 1. The Bertz CT molecular complexity index is 978. The number of amides is 1. The second-order valence-electron chi connectivity index (χ2n) is 8.36. The molecule has 1 fully saturated rings. The van der Waals surface area contributed by atoms with E-state index in [1.807, 2.05) is 0 Å². The number of hydrogen-bond donors (Lipinski definition) is 0. The molecule has 7 heteroatoms. The fourth-order valence-corrected chi connectivity index (χ4v) is 4.34. The topological polar surface area (TPSA) is 54.5 Å². The monoisotopic (exact) mass is 421 g/mol. The molecule has 2 aromatic carbocycles. The van der Waals surface area contributed by atoms with Crippen molar-refractivity contribution >= 4 is 15.7 Å². The molecule has 1 unspecified atom stereocenters. The van der Waals surface area contributed by atoms with Crippen molar-refractivity contribution in [2.45, 2.75) is 55.7 Å². The lowest BCUT2D eigenvalue weighted by molar-refractivity contribution is 0.0735. The summed E-state index contributed by atoms with van der Waals surface area (Å²) in [6, 6.07) is 13.0. The van der Waals surface area contributed by atoms with Crippen LogP contribution in [0.4, 0.5) is 8.78 Å². The Morgan fingerprint density at radius 2 is 1.62 bits per heavy atom. The zero-order chi connectivity index (χ0) is 21.4. The summed E-state index contributed by atoms with van der Waals surface area (Å²) in [6.45, 7) is 7.03. The molecule has 3 rings (SSSR count). The first-order valence-electron chi connectivity index (χ1n) is 9.55. The van der Waals surface area contributed by atoms with Gasteiger partial charge in [0.05, 0.1) is 10.9 Å². The predicted octanol–water partition coefficient (Wildman–Crippen LogP) is 4.96. The Morgan fingerprint density at radius 1 is 1.03 bits per heavy atom. The van der Waals surface area contributed by atoms with Gasteiger partial charge < -0.3 is 4.90 Å². The molecular formula is C22H25F2NO3S. The van der Waals surface area contributed by atoms with Crippen LogP contribution >= 0.6 is 0 Å². The van der Waals surface area contributed by atoms with E-state index in [2.05, 4.69) is 45.0 Å². The summed E-state index contributed by atoms with van der Waals surface area (Å²) >= 11 is 0. The van der Waals surface area contributed by atoms with Gasteiger partial charge >= 0.3 is 5.76 Å². The first-order chi connectivity index (χ1) is 13.5. The highest BCUT2D eigenvalue weighted by Crippen LogP contribution is 2.34. The van der Waals surface area contributed by atoms with Crippen molar-refractivity contribution < 1.29 is 22.0 Å². The SMILES string of the molecule is CC(C)(C)c1ccc(C2CCCN2C(=O)c2ccc(S(=O)(=O)C(F)F)cc2)cc1. The van der Waals surface area contributed by atoms with Crippen molar-refractivity contribution in [1.29, 1.82) is 0 Å². The van der Waals surface area contributed by atoms with Crippen LogP contribution < -0.4 is 0 Å². The highest BCUT2D eigenvalue weighted by Gasteiger charge is 2.31. The normalized spacial score (nSPS) is 17.7. The minimum atomic E-state index is -4.67. The Hall–Kier alpha value is -2.28. The number of rotatable bonds is 4. The first-order valence-corrected chi connectivity index (χ1v) is 11.1. The van der Waals surface area contributed by atoms with E-state index in [4.69, 9.17) is 0 Å². The van der Waals surface area contributed by atoms with Gasteiger partial charge in [-0.05, 0) is 53.6 Å². The van der Waals surface area contributed by atoms with E-state index in [1.54, 1.807) is 4.90 Å². The summed E-state index contributed by atoms with van der Waals surface area (Å²) in [5.41, 5.74) is 2.61. The minimum Gasteiger partial charge on any atom is -0.332 e. The number of hydrogen-bond acceptors (Lipinski definition) is 3. The fourth-order valence-electron chi connectivity index (χ4n) is 3.62. The van der Waals surface area contributed by atoms with Crippen molar-refractivity contribution in [1.82, 2.24) is 4.90 Å². The second-order valence-corrected chi connectivity index (χ2v) is 10.3. The maximum Gasteiger partial charge on any atom is 0.341 e. The van der Waals surface area contributed by atoms with Crippen molar-refractivity contribution in [3.63, 3.8) is 0 Å². The molecule has 0 aromatic heterocycles. The van der Waals surface area contributed by atoms with Crippen LogP contribution in [0.3, 0.4) is 0 Å². The lowest BCUT2D eigenvalue weighted by atomic mass is 9.86. The molecule has 0 bridgehead atoms. The molecule has 0 N–H and O–H groups in total. The molecule has 1 amide bonds. The summed E-state index contributed by atoms with van der Waals surface area (Å²) in [4.78, 5) is 14.3. The van der Waals surface area contributed by atoms with Gasteiger partial charge in [0.25, 0.3) is 5.91 Å². The van der Waals surface area contributed by atoms with E-state index in [1.165, 1.54) is 17.7 Å². The summed E-state index contributed by atoms with van der Waals surface area (Å²) in [5, 5.41) is 0. The first kappa shape index (κ1) is 21.4. The standard InChI is InChI=1S/C22H25F2NO3S/c1-22(2,3)17-10-6-15(7-11-17)19-5-4-14-25(19)20(26)16-8-12-18(13-9-16)29(27,28)21(23)24/h6-13,19,21H,4-5,14H2,1-3H3. The number of benzene rings is 2. The molecule has 0 saturated carbocycles. The van der Waals surface area contributed by atoms with Gasteiger partial charge in [-0.2, -0.15) is 8.78 Å². The van der Waals surface area contributed by atoms with E-state index in [-0.39, 0.29) is 22.9 Å². The number of alkyl halides is 2. The molecule has 0 radical (unpaired) electrons. The Kier molecular flexibility index (Phi) is 5.81. The lowest BCUT2D eigenvalue weighted by Crippen LogP contribution is -2.30. The van der Waals surface area contributed by atoms with Gasteiger partial charge in [0, 0.05) is 12.1 Å². The molecule has 0 aliphatic carbocycles. The highest BCUT2D eigenvalue weighted by atomic mass is 32.2. The maximum atomic E-state index is 13.0. The van der Waals surface area contributed by atoms with E-state index in [0.717, 1.165) is 30.5 Å². The maximum absolute atomic E-state index is 13.0. The van der Waals surface area contributed by atoms with Gasteiger partial charge in [0.2, 0.25) is 9.84 Å². The fraction of sp³-hybridized carbons (Fsp3) is 0.409. The number of halogens is 2. The molecule has 29 heavy (non-hydrogen) atoms. The second kappa shape index (κ2) is 7.86. The third-order valence-electron chi connectivity index (χ3n) is 5.34. The lowest BCUT2D eigenvalue weighted by Gasteiger charge is -2.26. The molecule has 1 heterocycles. The number of sulfone groups is 1. The minimum absolute atomic E-state index is 0.0457. The number of carbonyl (C=O) groups excluding carboxylic acids is 1. The van der Waals surface area contributed by atoms with Crippen LogP contribution in [-0.4, -0.2) is 31.5 Å². The Labute approximate surface area is 170 Å². The van der Waals surface area contributed by atoms with E-state index in [0.29, 0.717) is 6.54 Å². The van der Waals surface area contributed by atoms with Gasteiger partial charge in [-0.1, -0.05) is 45.0 Å². The molecule has 1 atom stereocenters. The van der Waals surface area contributed by atoms with Crippen LogP contribution in [-0.2, 0) is 15.3 Å². The smallest absolute Gasteiger partial charge is 0.332 e. The van der Waals surface area contributed by atoms with Gasteiger partial charge in [-0.25, -0.2) is 8.42 Å². The van der Waals surface area contributed by atoms with Crippen molar-refractivity contribution in [2.24, 2.45) is 0 Å². The molecule has 1 aliphatic rings. The van der Waals surface area contributed by atoms with Crippen molar-refractivity contribution in [3.8, 4) is 0 Å². The predicted molar refractivity (Wildman–Crippen MR) is 108 cm³/mol. The molecule has 2 aromatic rings. The Morgan fingerprint density at radius 3 is 2.14 bits per heavy atom. The summed E-state index contributed by atoms with van der Waals surface area (Å²) < 4.78 is 48.5. The van der Waals surface area contributed by atoms with Gasteiger partial charge in [-0.15, -0.1) is 0 Å². The zero-order valence-corrected chi connectivity index (χ0v) is 17.5. The third kappa shape index (κ3) is 4.34. The number of carbonyl (C=O) groups is 1. The van der Waals surface area contributed by atoms with Crippen LogP contribution in [0.1, 0.15) is 61.1 Å². The van der Waals surface area contributed by atoms with E-state index >= 15 is 0 Å². The zero-order valence-electron chi connectivity index (χ0n) is 16.7. The Balaban J connectivity index is 1.82. The largest absolute Gasteiger partial charge is 0.341 e. The quantitative estimate of drug-likeness (QED) is 0.701. The summed E-state index contributed by atoms with van der Waals surface area (Å²) in [5.74, 6) is -3.71. The molecule has 1 saturated heterocycles. The molecule has 156 valence electrons. The molecule has 0 spiro atoms. The van der Waals surface area contributed by atoms with E-state index in [9.17, 15) is 22.0 Å². The van der Waals surface area contributed by atoms with Crippen molar-refractivity contribution in [3.05, 3.63) is 65.2 Å². The average Bonchev–Trinajstić information content (AvgIpc) is 3.16.